The minimum absolute atomic E-state index is 0.000950. The molecule has 0 aliphatic carbocycles. The summed E-state index contributed by atoms with van der Waals surface area (Å²) in [5.74, 6) is -1.53. The fourth-order valence-corrected chi connectivity index (χ4v) is 3.79. The van der Waals surface area contributed by atoms with Crippen molar-refractivity contribution in [2.45, 2.75) is 25.2 Å². The van der Waals surface area contributed by atoms with E-state index in [1.807, 2.05) is 6.92 Å². The maximum atomic E-state index is 12.5. The van der Waals surface area contributed by atoms with Gasteiger partial charge in [0.15, 0.2) is 0 Å². The van der Waals surface area contributed by atoms with Crippen LogP contribution in [-0.2, 0) is 19.6 Å². The van der Waals surface area contributed by atoms with E-state index in [1.165, 1.54) is 19.1 Å². The number of benzene rings is 1. The molecular formula is C14H15N3O4S. The third-order valence-corrected chi connectivity index (χ3v) is 5.64. The van der Waals surface area contributed by atoms with Crippen molar-refractivity contribution in [1.29, 1.82) is 0 Å². The Morgan fingerprint density at radius 1 is 1.36 bits per heavy atom. The number of hydrogen-bond acceptors (Lipinski definition) is 4. The van der Waals surface area contributed by atoms with E-state index in [0.717, 1.165) is 5.56 Å². The van der Waals surface area contributed by atoms with Crippen molar-refractivity contribution in [2.24, 2.45) is 5.41 Å². The van der Waals surface area contributed by atoms with E-state index >= 15 is 0 Å². The highest BCUT2D eigenvalue weighted by Gasteiger charge is 2.53. The molecule has 1 heterocycles. The second-order valence-corrected chi connectivity index (χ2v) is 7.25. The lowest BCUT2D eigenvalue weighted by Gasteiger charge is -2.20. The van der Waals surface area contributed by atoms with Gasteiger partial charge in [-0.25, -0.2) is 12.7 Å². The summed E-state index contributed by atoms with van der Waals surface area (Å²) in [7, 11) is -4.00. The molecule has 22 heavy (non-hydrogen) atoms. The Labute approximate surface area is 128 Å². The van der Waals surface area contributed by atoms with Crippen LogP contribution in [0.25, 0.3) is 5.53 Å². The van der Waals surface area contributed by atoms with Gasteiger partial charge in [0.25, 0.3) is 15.8 Å². The lowest BCUT2D eigenvalue weighted by Crippen LogP contribution is -2.41. The monoisotopic (exact) mass is 321 g/mol. The molecule has 1 atom stereocenters. The Morgan fingerprint density at radius 3 is 2.50 bits per heavy atom. The van der Waals surface area contributed by atoms with Crippen LogP contribution in [0.15, 0.2) is 29.2 Å². The fraction of sp³-hybridized carbons (Fsp3) is 0.357. The van der Waals surface area contributed by atoms with Crippen LogP contribution in [0, 0.1) is 12.3 Å². The van der Waals surface area contributed by atoms with Crippen molar-refractivity contribution in [2.75, 3.05) is 6.54 Å². The highest BCUT2D eigenvalue weighted by atomic mass is 32.2. The molecule has 8 heteroatoms. The SMILES string of the molecule is Cc1ccc(S(=O)(=O)N2CCC(C)(C(=O)C=[N+]=[N-])C2=O)cc1. The average Bonchev–Trinajstić information content (AvgIpc) is 2.78. The van der Waals surface area contributed by atoms with Gasteiger partial charge < -0.3 is 5.53 Å². The summed E-state index contributed by atoms with van der Waals surface area (Å²) in [5.41, 5.74) is 7.80. The maximum Gasteiger partial charge on any atom is 0.324 e. The van der Waals surface area contributed by atoms with E-state index in [-0.39, 0.29) is 17.9 Å². The van der Waals surface area contributed by atoms with Crippen molar-refractivity contribution in [1.82, 2.24) is 4.31 Å². The van der Waals surface area contributed by atoms with Gasteiger partial charge in [0, 0.05) is 6.54 Å². The van der Waals surface area contributed by atoms with Crippen molar-refractivity contribution in [3.63, 3.8) is 0 Å². The second kappa shape index (κ2) is 5.47. The van der Waals surface area contributed by atoms with E-state index < -0.39 is 27.1 Å². The minimum atomic E-state index is -4.00. The zero-order valence-electron chi connectivity index (χ0n) is 12.2. The van der Waals surface area contributed by atoms with E-state index in [0.29, 0.717) is 10.5 Å². The van der Waals surface area contributed by atoms with Crippen molar-refractivity contribution >= 4 is 27.9 Å². The number of nitrogens with zero attached hydrogens (tertiary/aromatic N) is 3. The number of ketones is 1. The topological polar surface area (TPSA) is 108 Å². The molecule has 0 aromatic heterocycles. The molecule has 1 saturated heterocycles. The van der Waals surface area contributed by atoms with Gasteiger partial charge in [-0.15, -0.1) is 0 Å². The van der Waals surface area contributed by atoms with Gasteiger partial charge in [-0.1, -0.05) is 17.7 Å². The van der Waals surface area contributed by atoms with E-state index in [4.69, 9.17) is 5.53 Å². The zero-order valence-corrected chi connectivity index (χ0v) is 13.0. The first kappa shape index (κ1) is 16.1. The summed E-state index contributed by atoms with van der Waals surface area (Å²) in [6.45, 7) is 3.09. The molecule has 116 valence electrons. The third-order valence-electron chi connectivity index (χ3n) is 3.84. The first-order valence-electron chi connectivity index (χ1n) is 6.59. The van der Waals surface area contributed by atoms with Crippen LogP contribution in [0.1, 0.15) is 18.9 Å². The molecule has 1 aromatic carbocycles. The lowest BCUT2D eigenvalue weighted by atomic mass is 9.84. The molecule has 1 unspecified atom stereocenters. The zero-order chi connectivity index (χ0) is 16.5. The Morgan fingerprint density at radius 2 is 1.95 bits per heavy atom. The Kier molecular flexibility index (Phi) is 4.00. The number of amides is 1. The maximum absolute atomic E-state index is 12.5. The Balaban J connectivity index is 2.39. The summed E-state index contributed by atoms with van der Waals surface area (Å²) in [6.07, 6.45) is 0.668. The smallest absolute Gasteiger partial charge is 0.324 e. The van der Waals surface area contributed by atoms with Crippen LogP contribution >= 0.6 is 0 Å². The van der Waals surface area contributed by atoms with Gasteiger partial charge in [0.1, 0.15) is 5.41 Å². The predicted molar refractivity (Wildman–Crippen MR) is 77.5 cm³/mol. The highest BCUT2D eigenvalue weighted by Crippen LogP contribution is 2.35. The molecule has 1 amide bonds. The van der Waals surface area contributed by atoms with Crippen molar-refractivity contribution in [3.8, 4) is 0 Å². The van der Waals surface area contributed by atoms with Crippen LogP contribution in [0.4, 0.5) is 0 Å². The summed E-state index contributed by atoms with van der Waals surface area (Å²) in [6, 6.07) is 6.11. The van der Waals surface area contributed by atoms with Gasteiger partial charge in [0.05, 0.1) is 4.90 Å². The largest absolute Gasteiger partial charge is 0.361 e. The number of hydrogen-bond donors (Lipinski definition) is 0. The molecule has 1 aliphatic rings. The molecule has 0 spiro atoms. The van der Waals surface area contributed by atoms with Gasteiger partial charge in [0.2, 0.25) is 5.91 Å². The molecule has 2 rings (SSSR count). The summed E-state index contributed by atoms with van der Waals surface area (Å²) >= 11 is 0. The number of carbonyl (C=O) groups is 2. The molecule has 0 bridgehead atoms. The van der Waals surface area contributed by atoms with Crippen molar-refractivity contribution in [3.05, 3.63) is 35.4 Å². The predicted octanol–water partition coefficient (Wildman–Crippen LogP) is 0.792. The first-order valence-corrected chi connectivity index (χ1v) is 8.03. The van der Waals surface area contributed by atoms with Crippen LogP contribution in [0.3, 0.4) is 0 Å². The van der Waals surface area contributed by atoms with Crippen LogP contribution < -0.4 is 0 Å². The van der Waals surface area contributed by atoms with Crippen molar-refractivity contribution < 1.29 is 22.8 Å². The number of rotatable bonds is 4. The molecule has 1 aliphatic heterocycles. The molecular weight excluding hydrogens is 306 g/mol. The third kappa shape index (κ3) is 2.47. The second-order valence-electron chi connectivity index (χ2n) is 5.39. The summed E-state index contributed by atoms with van der Waals surface area (Å²) in [5, 5.41) is 0. The molecule has 0 N–H and O–H groups in total. The van der Waals surface area contributed by atoms with Gasteiger partial charge in [-0.05, 0) is 32.4 Å². The molecule has 0 radical (unpaired) electrons. The van der Waals surface area contributed by atoms with E-state index in [1.54, 1.807) is 12.1 Å². The van der Waals surface area contributed by atoms with Gasteiger partial charge in [-0.2, -0.15) is 4.79 Å². The summed E-state index contributed by atoms with van der Waals surface area (Å²) in [4.78, 5) is 26.9. The fourth-order valence-electron chi connectivity index (χ4n) is 2.30. The summed E-state index contributed by atoms with van der Waals surface area (Å²) < 4.78 is 25.8. The standard InChI is InChI=1S/C14H15N3O4S/c1-10-3-5-11(6-4-10)22(20,21)17-8-7-14(2,13(17)19)12(18)9-16-15/h3-6,9H,7-8H2,1-2H3. The van der Waals surface area contributed by atoms with Gasteiger partial charge >= 0.3 is 6.21 Å². The molecule has 0 saturated carbocycles. The van der Waals surface area contributed by atoms with E-state index in [9.17, 15) is 18.0 Å². The lowest BCUT2D eigenvalue weighted by molar-refractivity contribution is -0.138. The number of Topliss-reactive ketones (excluding diaryl/α,β-unsaturated/α-hetero) is 1. The van der Waals surface area contributed by atoms with Crippen LogP contribution in [0.5, 0.6) is 0 Å². The normalized spacial score (nSPS) is 21.5. The highest BCUT2D eigenvalue weighted by molar-refractivity contribution is 7.89. The van der Waals surface area contributed by atoms with Crippen LogP contribution in [0.2, 0.25) is 0 Å². The molecule has 1 fully saturated rings. The number of aryl methyl sites for hydroxylation is 1. The Hall–Kier alpha value is -2.31. The van der Waals surface area contributed by atoms with E-state index in [2.05, 4.69) is 4.79 Å². The van der Waals surface area contributed by atoms with Gasteiger partial charge in [-0.3, -0.25) is 9.59 Å². The first-order chi connectivity index (χ1) is 10.2. The molecule has 7 nitrogen and oxygen atoms in total. The number of carbonyl (C=O) groups excluding carboxylic acids is 2. The minimum Gasteiger partial charge on any atom is -0.361 e. The quantitative estimate of drug-likeness (QED) is 0.353. The average molecular weight is 321 g/mol. The van der Waals surface area contributed by atoms with Crippen LogP contribution in [-0.4, -0.2) is 42.0 Å². The molecule has 1 aromatic rings. The Bertz CT molecular complexity index is 779. The number of sulfonamides is 1.